The van der Waals surface area contributed by atoms with Gasteiger partial charge in [0.1, 0.15) is 0 Å². The maximum atomic E-state index is 11.9. The van der Waals surface area contributed by atoms with Crippen molar-refractivity contribution in [2.75, 3.05) is 13.1 Å². The van der Waals surface area contributed by atoms with E-state index in [1.54, 1.807) is 0 Å². The molecule has 0 aliphatic carbocycles. The van der Waals surface area contributed by atoms with Crippen LogP contribution in [-0.2, 0) is 4.79 Å². The Labute approximate surface area is 173 Å². The molecule has 166 valence electrons. The van der Waals surface area contributed by atoms with Crippen LogP contribution in [0.4, 0.5) is 0 Å². The van der Waals surface area contributed by atoms with E-state index in [4.69, 9.17) is 17.2 Å². The first kappa shape index (κ1) is 26.7. The van der Waals surface area contributed by atoms with Crippen LogP contribution in [0.3, 0.4) is 0 Å². The molecule has 1 unspecified atom stereocenters. The summed E-state index contributed by atoms with van der Waals surface area (Å²) in [5.74, 6) is 0.00946. The van der Waals surface area contributed by atoms with Crippen molar-refractivity contribution in [3.05, 3.63) is 0 Å². The van der Waals surface area contributed by atoms with Crippen molar-refractivity contribution >= 4 is 11.9 Å². The van der Waals surface area contributed by atoms with E-state index >= 15 is 0 Å². The van der Waals surface area contributed by atoms with Gasteiger partial charge < -0.3 is 22.5 Å². The van der Waals surface area contributed by atoms with E-state index < -0.39 is 6.04 Å². The quantitative estimate of drug-likeness (QED) is 0.141. The Morgan fingerprint density at radius 3 is 1.71 bits per heavy atom. The van der Waals surface area contributed by atoms with Crippen LogP contribution >= 0.6 is 0 Å². The predicted octanol–water partition coefficient (Wildman–Crippen LogP) is 3.96. The number of aliphatic imine (C=N–C) groups is 1. The fourth-order valence-electron chi connectivity index (χ4n) is 3.31. The molecule has 0 aliphatic rings. The number of hydrogen-bond donors (Lipinski definition) is 4. The van der Waals surface area contributed by atoms with E-state index in [2.05, 4.69) is 17.2 Å². The number of nitrogens with two attached hydrogens (primary N) is 3. The fraction of sp³-hybridized carbons (Fsp3) is 0.909. The standard InChI is InChI=1S/C22H47N5O/c1-2-3-4-5-6-7-8-9-10-11-12-13-14-15-18-26-21(28)20(23)17-16-19-27-22(24)25/h20H,2-19,23H2,1H3,(H,26,28)(H4,24,25,27). The van der Waals surface area contributed by atoms with Crippen molar-refractivity contribution in [2.24, 2.45) is 22.2 Å². The number of carbonyl (C=O) groups is 1. The summed E-state index contributed by atoms with van der Waals surface area (Å²) in [7, 11) is 0. The third kappa shape index (κ3) is 19.5. The van der Waals surface area contributed by atoms with Gasteiger partial charge in [0.05, 0.1) is 6.04 Å². The molecule has 0 aromatic rings. The zero-order valence-corrected chi connectivity index (χ0v) is 18.4. The Balaban J connectivity index is 3.29. The van der Waals surface area contributed by atoms with Gasteiger partial charge in [-0.2, -0.15) is 0 Å². The van der Waals surface area contributed by atoms with Crippen LogP contribution in [0.5, 0.6) is 0 Å². The molecule has 6 heteroatoms. The molecule has 1 atom stereocenters. The summed E-state index contributed by atoms with van der Waals surface area (Å²) in [6.07, 6.45) is 20.0. The lowest BCUT2D eigenvalue weighted by Crippen LogP contribution is -2.41. The SMILES string of the molecule is CCCCCCCCCCCCCCCCNC(=O)C(N)CCCN=C(N)N. The number of rotatable bonds is 20. The van der Waals surface area contributed by atoms with Crippen molar-refractivity contribution in [3.63, 3.8) is 0 Å². The molecule has 0 aliphatic heterocycles. The van der Waals surface area contributed by atoms with Crippen LogP contribution in [-0.4, -0.2) is 31.0 Å². The van der Waals surface area contributed by atoms with E-state index in [1.165, 1.54) is 83.5 Å². The highest BCUT2D eigenvalue weighted by molar-refractivity contribution is 5.81. The number of nitrogens with zero attached hydrogens (tertiary/aromatic N) is 1. The molecule has 0 radical (unpaired) electrons. The van der Waals surface area contributed by atoms with Gasteiger partial charge >= 0.3 is 0 Å². The number of nitrogens with one attached hydrogen (secondary N) is 1. The molecule has 0 spiro atoms. The summed E-state index contributed by atoms with van der Waals surface area (Å²) in [6.45, 7) is 3.51. The first-order valence-electron chi connectivity index (χ1n) is 11.7. The van der Waals surface area contributed by atoms with Crippen LogP contribution in [0.2, 0.25) is 0 Å². The molecular weight excluding hydrogens is 350 g/mol. The average Bonchev–Trinajstić information content (AvgIpc) is 2.67. The molecule has 0 aromatic heterocycles. The largest absolute Gasteiger partial charge is 0.370 e. The molecule has 7 N–H and O–H groups in total. The molecule has 0 saturated carbocycles. The van der Waals surface area contributed by atoms with Crippen LogP contribution < -0.4 is 22.5 Å². The zero-order valence-electron chi connectivity index (χ0n) is 18.4. The van der Waals surface area contributed by atoms with Crippen molar-refractivity contribution < 1.29 is 4.79 Å². The van der Waals surface area contributed by atoms with Gasteiger partial charge in [0, 0.05) is 13.1 Å². The van der Waals surface area contributed by atoms with Crippen LogP contribution in [0.15, 0.2) is 4.99 Å². The summed E-state index contributed by atoms with van der Waals surface area (Å²) >= 11 is 0. The van der Waals surface area contributed by atoms with Crippen LogP contribution in [0, 0.1) is 0 Å². The first-order chi connectivity index (χ1) is 13.6. The Morgan fingerprint density at radius 1 is 0.786 bits per heavy atom. The average molecular weight is 398 g/mol. The van der Waals surface area contributed by atoms with Crippen molar-refractivity contribution in [2.45, 2.75) is 116 Å². The van der Waals surface area contributed by atoms with E-state index in [0.29, 0.717) is 19.4 Å². The molecule has 28 heavy (non-hydrogen) atoms. The number of unbranched alkanes of at least 4 members (excludes halogenated alkanes) is 13. The minimum absolute atomic E-state index is 0.0700. The number of guanidine groups is 1. The lowest BCUT2D eigenvalue weighted by atomic mass is 10.0. The Bertz CT molecular complexity index is 383. The molecule has 0 rings (SSSR count). The first-order valence-corrected chi connectivity index (χ1v) is 11.7. The van der Waals surface area contributed by atoms with E-state index in [9.17, 15) is 4.79 Å². The number of amides is 1. The second-order valence-electron chi connectivity index (χ2n) is 7.94. The Hall–Kier alpha value is -1.30. The van der Waals surface area contributed by atoms with E-state index in [-0.39, 0.29) is 11.9 Å². The van der Waals surface area contributed by atoms with Gasteiger partial charge in [-0.05, 0) is 19.3 Å². The molecule has 1 amide bonds. The van der Waals surface area contributed by atoms with Gasteiger partial charge in [0.25, 0.3) is 0 Å². The molecule has 0 heterocycles. The molecule has 0 saturated heterocycles. The van der Waals surface area contributed by atoms with Gasteiger partial charge in [0.2, 0.25) is 5.91 Å². The highest BCUT2D eigenvalue weighted by atomic mass is 16.2. The van der Waals surface area contributed by atoms with Crippen LogP contribution in [0.1, 0.15) is 110 Å². The smallest absolute Gasteiger partial charge is 0.236 e. The maximum Gasteiger partial charge on any atom is 0.236 e. The number of carbonyl (C=O) groups excluding carboxylic acids is 1. The topological polar surface area (TPSA) is 120 Å². The molecule has 6 nitrogen and oxygen atoms in total. The summed E-state index contributed by atoms with van der Waals surface area (Å²) in [6, 6.07) is -0.471. The second kappa shape index (κ2) is 20.4. The molecular formula is C22H47N5O. The van der Waals surface area contributed by atoms with Crippen molar-refractivity contribution in [1.29, 1.82) is 0 Å². The Morgan fingerprint density at radius 2 is 1.25 bits per heavy atom. The van der Waals surface area contributed by atoms with Gasteiger partial charge in [-0.15, -0.1) is 0 Å². The summed E-state index contributed by atoms with van der Waals surface area (Å²) < 4.78 is 0. The van der Waals surface area contributed by atoms with Gasteiger partial charge in [-0.1, -0.05) is 90.4 Å². The third-order valence-electron chi connectivity index (χ3n) is 5.13. The van der Waals surface area contributed by atoms with Gasteiger partial charge in [0.15, 0.2) is 5.96 Å². The van der Waals surface area contributed by atoms with Crippen molar-refractivity contribution in [1.82, 2.24) is 5.32 Å². The summed E-state index contributed by atoms with van der Waals surface area (Å²) in [5, 5.41) is 2.93. The highest BCUT2D eigenvalue weighted by Crippen LogP contribution is 2.12. The van der Waals surface area contributed by atoms with Gasteiger partial charge in [-0.3, -0.25) is 9.79 Å². The second-order valence-corrected chi connectivity index (χ2v) is 7.94. The van der Waals surface area contributed by atoms with Crippen LogP contribution in [0.25, 0.3) is 0 Å². The maximum absolute atomic E-state index is 11.9. The third-order valence-corrected chi connectivity index (χ3v) is 5.13. The normalized spacial score (nSPS) is 11.9. The Kier molecular flexibility index (Phi) is 19.5. The van der Waals surface area contributed by atoms with E-state index in [0.717, 1.165) is 13.0 Å². The predicted molar refractivity (Wildman–Crippen MR) is 121 cm³/mol. The monoisotopic (exact) mass is 397 g/mol. The van der Waals surface area contributed by atoms with E-state index in [1.807, 2.05) is 0 Å². The minimum Gasteiger partial charge on any atom is -0.370 e. The minimum atomic E-state index is -0.471. The molecule has 0 aromatic carbocycles. The van der Waals surface area contributed by atoms with Gasteiger partial charge in [-0.25, -0.2) is 0 Å². The molecule has 0 fully saturated rings. The lowest BCUT2D eigenvalue weighted by Gasteiger charge is -2.11. The highest BCUT2D eigenvalue weighted by Gasteiger charge is 2.11. The number of hydrogen-bond acceptors (Lipinski definition) is 3. The lowest BCUT2D eigenvalue weighted by molar-refractivity contribution is -0.122. The molecule has 0 bridgehead atoms. The summed E-state index contributed by atoms with van der Waals surface area (Å²) in [5.41, 5.74) is 16.4. The fourth-order valence-corrected chi connectivity index (χ4v) is 3.31. The van der Waals surface area contributed by atoms with Crippen molar-refractivity contribution in [3.8, 4) is 0 Å². The zero-order chi connectivity index (χ0) is 20.9. The summed E-state index contributed by atoms with van der Waals surface area (Å²) in [4.78, 5) is 15.8.